The number of hydrogen-bond donors (Lipinski definition) is 2. The Bertz CT molecular complexity index is 340. The highest BCUT2D eigenvalue weighted by Crippen LogP contribution is 2.12. The lowest BCUT2D eigenvalue weighted by Crippen LogP contribution is -2.34. The maximum atomic E-state index is 11.2. The van der Waals surface area contributed by atoms with Gasteiger partial charge in [-0.1, -0.05) is 30.3 Å². The Balaban J connectivity index is 2.59. The molecule has 1 aromatic rings. The van der Waals surface area contributed by atoms with Crippen LogP contribution in [-0.4, -0.2) is 30.3 Å². The summed E-state index contributed by atoms with van der Waals surface area (Å²) in [5, 5.41) is 12.2. The van der Waals surface area contributed by atoms with Gasteiger partial charge in [-0.15, -0.1) is 0 Å². The van der Waals surface area contributed by atoms with Crippen molar-refractivity contribution < 1.29 is 14.6 Å². The maximum Gasteiger partial charge on any atom is 0.325 e. The Kier molecular flexibility index (Phi) is 5.66. The predicted octanol–water partition coefficient (Wildman–Crippen LogP) is 1.83. The van der Waals surface area contributed by atoms with Gasteiger partial charge in [0, 0.05) is 13.2 Å². The fourth-order valence-corrected chi connectivity index (χ4v) is 1.62. The van der Waals surface area contributed by atoms with Crippen molar-refractivity contribution in [3.05, 3.63) is 35.9 Å². The Morgan fingerprint density at radius 1 is 1.41 bits per heavy atom. The number of rotatable bonds is 7. The van der Waals surface area contributed by atoms with Crippen LogP contribution in [0.25, 0.3) is 0 Å². The minimum Gasteiger partial charge on any atom is -0.480 e. The molecule has 0 saturated heterocycles. The number of benzene rings is 1. The average Bonchev–Trinajstić information content (AvgIpc) is 2.30. The summed E-state index contributed by atoms with van der Waals surface area (Å²) in [6, 6.07) is 8.45. The van der Waals surface area contributed by atoms with Crippen molar-refractivity contribution in [3.8, 4) is 0 Å². The summed E-state index contributed by atoms with van der Waals surface area (Å²) < 4.78 is 5.35. The van der Waals surface area contributed by atoms with E-state index < -0.39 is 12.0 Å². The van der Waals surface area contributed by atoms with Crippen LogP contribution >= 0.6 is 0 Å². The summed E-state index contributed by atoms with van der Waals surface area (Å²) in [4.78, 5) is 11.2. The number of nitrogens with one attached hydrogen (secondary N) is 1. The molecular formula is C13H19NO3. The van der Waals surface area contributed by atoms with Gasteiger partial charge >= 0.3 is 5.97 Å². The Morgan fingerprint density at radius 3 is 2.59 bits per heavy atom. The lowest BCUT2D eigenvalue weighted by atomic mass is 10.1. The van der Waals surface area contributed by atoms with Crippen LogP contribution < -0.4 is 5.32 Å². The van der Waals surface area contributed by atoms with Crippen molar-refractivity contribution in [1.29, 1.82) is 0 Å². The molecule has 2 atom stereocenters. The minimum atomic E-state index is -0.875. The normalized spacial score (nSPS) is 14.2. The molecule has 0 fully saturated rings. The number of aliphatic carboxylic acids is 1. The SMILES string of the molecule is CCOC(C)CNC(C(=O)O)c1ccccc1. The van der Waals surface area contributed by atoms with Crippen LogP contribution in [0.4, 0.5) is 0 Å². The van der Waals surface area contributed by atoms with Crippen LogP contribution in [0.3, 0.4) is 0 Å². The van der Waals surface area contributed by atoms with Gasteiger partial charge in [-0.25, -0.2) is 0 Å². The van der Waals surface area contributed by atoms with Gasteiger partial charge in [-0.3, -0.25) is 10.1 Å². The number of carboxylic acid groups (broad SMARTS) is 1. The molecule has 4 nitrogen and oxygen atoms in total. The molecule has 94 valence electrons. The molecule has 0 heterocycles. The van der Waals surface area contributed by atoms with E-state index in [9.17, 15) is 4.79 Å². The number of ether oxygens (including phenoxy) is 1. The van der Waals surface area contributed by atoms with Gasteiger partial charge in [-0.2, -0.15) is 0 Å². The average molecular weight is 237 g/mol. The lowest BCUT2D eigenvalue weighted by Gasteiger charge is -2.18. The van der Waals surface area contributed by atoms with Gasteiger partial charge in [-0.05, 0) is 19.4 Å². The molecule has 0 aromatic heterocycles. The van der Waals surface area contributed by atoms with Crippen molar-refractivity contribution in [2.24, 2.45) is 0 Å². The molecule has 0 aliphatic rings. The van der Waals surface area contributed by atoms with Crippen molar-refractivity contribution >= 4 is 5.97 Å². The predicted molar refractivity (Wildman–Crippen MR) is 65.9 cm³/mol. The second-order valence-electron chi connectivity index (χ2n) is 3.86. The summed E-state index contributed by atoms with van der Waals surface area (Å²) in [7, 11) is 0. The van der Waals surface area contributed by atoms with Crippen LogP contribution in [0.2, 0.25) is 0 Å². The van der Waals surface area contributed by atoms with Crippen LogP contribution in [0.1, 0.15) is 25.5 Å². The largest absolute Gasteiger partial charge is 0.480 e. The van der Waals surface area contributed by atoms with Crippen LogP contribution in [0, 0.1) is 0 Å². The number of carbonyl (C=O) groups is 1. The van der Waals surface area contributed by atoms with Crippen molar-refractivity contribution in [2.75, 3.05) is 13.2 Å². The van der Waals surface area contributed by atoms with E-state index in [4.69, 9.17) is 9.84 Å². The molecule has 1 rings (SSSR count). The van der Waals surface area contributed by atoms with E-state index in [1.807, 2.05) is 32.0 Å². The van der Waals surface area contributed by atoms with E-state index in [1.54, 1.807) is 12.1 Å². The van der Waals surface area contributed by atoms with E-state index in [-0.39, 0.29) is 6.10 Å². The second-order valence-corrected chi connectivity index (χ2v) is 3.86. The monoisotopic (exact) mass is 237 g/mol. The molecule has 2 unspecified atom stereocenters. The smallest absolute Gasteiger partial charge is 0.325 e. The molecule has 0 saturated carbocycles. The summed E-state index contributed by atoms with van der Waals surface area (Å²) in [6.07, 6.45) is 0.00515. The lowest BCUT2D eigenvalue weighted by molar-refractivity contribution is -0.139. The van der Waals surface area contributed by atoms with E-state index in [0.717, 1.165) is 5.56 Å². The topological polar surface area (TPSA) is 58.6 Å². The highest BCUT2D eigenvalue weighted by molar-refractivity contribution is 5.75. The molecule has 0 bridgehead atoms. The first-order valence-electron chi connectivity index (χ1n) is 5.78. The molecule has 4 heteroatoms. The Labute approximate surface area is 102 Å². The highest BCUT2D eigenvalue weighted by Gasteiger charge is 2.19. The van der Waals surface area contributed by atoms with Crippen molar-refractivity contribution in [2.45, 2.75) is 26.0 Å². The highest BCUT2D eigenvalue weighted by atomic mass is 16.5. The molecule has 1 aromatic carbocycles. The van der Waals surface area contributed by atoms with Crippen LogP contribution in [0.5, 0.6) is 0 Å². The van der Waals surface area contributed by atoms with Crippen molar-refractivity contribution in [1.82, 2.24) is 5.32 Å². The fourth-order valence-electron chi connectivity index (χ4n) is 1.62. The molecular weight excluding hydrogens is 218 g/mol. The molecule has 0 aliphatic heterocycles. The van der Waals surface area contributed by atoms with E-state index in [2.05, 4.69) is 5.32 Å². The fraction of sp³-hybridized carbons (Fsp3) is 0.462. The summed E-state index contributed by atoms with van der Waals surface area (Å²) in [6.45, 7) is 4.98. The van der Waals surface area contributed by atoms with Gasteiger partial charge < -0.3 is 9.84 Å². The minimum absolute atomic E-state index is 0.00515. The number of hydrogen-bond acceptors (Lipinski definition) is 3. The maximum absolute atomic E-state index is 11.2. The van der Waals surface area contributed by atoms with E-state index in [0.29, 0.717) is 13.2 Å². The molecule has 17 heavy (non-hydrogen) atoms. The van der Waals surface area contributed by atoms with Gasteiger partial charge in [0.2, 0.25) is 0 Å². The van der Waals surface area contributed by atoms with Crippen LogP contribution in [-0.2, 0) is 9.53 Å². The zero-order valence-corrected chi connectivity index (χ0v) is 10.2. The molecule has 0 radical (unpaired) electrons. The quantitative estimate of drug-likeness (QED) is 0.759. The molecule has 0 spiro atoms. The van der Waals surface area contributed by atoms with Crippen LogP contribution in [0.15, 0.2) is 30.3 Å². The Morgan fingerprint density at radius 2 is 2.06 bits per heavy atom. The van der Waals surface area contributed by atoms with Gasteiger partial charge in [0.25, 0.3) is 0 Å². The zero-order valence-electron chi connectivity index (χ0n) is 10.2. The van der Waals surface area contributed by atoms with Crippen molar-refractivity contribution in [3.63, 3.8) is 0 Å². The van der Waals surface area contributed by atoms with E-state index in [1.165, 1.54) is 0 Å². The third-order valence-corrected chi connectivity index (χ3v) is 2.44. The first kappa shape index (κ1) is 13.7. The van der Waals surface area contributed by atoms with Gasteiger partial charge in [0.1, 0.15) is 6.04 Å². The van der Waals surface area contributed by atoms with Gasteiger partial charge in [0.15, 0.2) is 0 Å². The first-order chi connectivity index (χ1) is 8.15. The summed E-state index contributed by atoms with van der Waals surface area (Å²) in [5.41, 5.74) is 0.753. The standard InChI is InChI=1S/C13H19NO3/c1-3-17-10(2)9-14-12(13(15)16)11-7-5-4-6-8-11/h4-8,10,12,14H,3,9H2,1-2H3,(H,15,16). The zero-order chi connectivity index (χ0) is 12.7. The molecule has 0 amide bonds. The third-order valence-electron chi connectivity index (χ3n) is 2.44. The summed E-state index contributed by atoms with van der Waals surface area (Å²) >= 11 is 0. The first-order valence-corrected chi connectivity index (χ1v) is 5.78. The molecule has 0 aliphatic carbocycles. The van der Waals surface area contributed by atoms with E-state index >= 15 is 0 Å². The van der Waals surface area contributed by atoms with Gasteiger partial charge in [0.05, 0.1) is 6.10 Å². The second kappa shape index (κ2) is 7.04. The molecule has 2 N–H and O–H groups in total. The number of carboxylic acids is 1. The Hall–Kier alpha value is -1.39. The third kappa shape index (κ3) is 4.54. The summed E-state index contributed by atoms with van der Waals surface area (Å²) in [5.74, 6) is -0.875.